The normalized spacial score (nSPS) is 17.5. The van der Waals surface area contributed by atoms with Gasteiger partial charge in [-0.25, -0.2) is 4.99 Å². The van der Waals surface area contributed by atoms with Crippen molar-refractivity contribution < 1.29 is 13.2 Å². The number of hydrogen-bond acceptors (Lipinski definition) is 4. The zero-order valence-corrected chi connectivity index (χ0v) is 9.65. The van der Waals surface area contributed by atoms with Crippen molar-refractivity contribution in [3.05, 3.63) is 42.5 Å². The number of benzene rings is 1. The van der Waals surface area contributed by atoms with Crippen LogP contribution >= 0.6 is 0 Å². The average Bonchev–Trinajstić information content (AvgIpc) is 2.32. The standard InChI is InChI=1S/C12H9NO3S/c14-10-6-7-11(12(8-10)17(15)16)13-9-4-2-1-3-5-9/h1-7H,8H2. The monoisotopic (exact) mass is 247 g/mol. The van der Waals surface area contributed by atoms with Crippen molar-refractivity contribution in [1.82, 2.24) is 0 Å². The van der Waals surface area contributed by atoms with E-state index in [4.69, 9.17) is 0 Å². The molecule has 1 aliphatic rings. The van der Waals surface area contributed by atoms with E-state index in [-0.39, 0.29) is 17.1 Å². The molecule has 0 spiro atoms. The summed E-state index contributed by atoms with van der Waals surface area (Å²) in [5.74, 6) is -0.226. The van der Waals surface area contributed by atoms with Crippen molar-refractivity contribution >= 4 is 32.3 Å². The Kier molecular flexibility index (Phi) is 3.30. The van der Waals surface area contributed by atoms with Crippen molar-refractivity contribution in [3.63, 3.8) is 0 Å². The Hall–Kier alpha value is -2.01. The molecular weight excluding hydrogens is 238 g/mol. The van der Waals surface area contributed by atoms with Gasteiger partial charge in [0.1, 0.15) is 4.86 Å². The van der Waals surface area contributed by atoms with Crippen LogP contribution in [0.2, 0.25) is 0 Å². The van der Waals surface area contributed by atoms with Crippen molar-refractivity contribution in [2.75, 3.05) is 0 Å². The van der Waals surface area contributed by atoms with Gasteiger partial charge in [-0.1, -0.05) is 18.2 Å². The van der Waals surface area contributed by atoms with Gasteiger partial charge >= 0.3 is 0 Å². The maximum absolute atomic E-state index is 11.1. The number of rotatable bonds is 1. The highest BCUT2D eigenvalue weighted by Crippen LogP contribution is 2.13. The van der Waals surface area contributed by atoms with Crippen molar-refractivity contribution in [2.45, 2.75) is 6.42 Å². The minimum Gasteiger partial charge on any atom is -0.294 e. The summed E-state index contributed by atoms with van der Waals surface area (Å²) in [5, 5.41) is 0. The van der Waals surface area contributed by atoms with Gasteiger partial charge in [0.2, 0.25) is 10.3 Å². The number of carbonyl (C=O) groups excluding carboxylic acids is 1. The Morgan fingerprint density at radius 3 is 2.41 bits per heavy atom. The highest BCUT2D eigenvalue weighted by atomic mass is 32.2. The third kappa shape index (κ3) is 2.76. The fourth-order valence-electron chi connectivity index (χ4n) is 1.46. The molecular formula is C12H9NO3S. The van der Waals surface area contributed by atoms with Crippen LogP contribution in [0.4, 0.5) is 5.69 Å². The lowest BCUT2D eigenvalue weighted by Gasteiger charge is -2.06. The van der Waals surface area contributed by atoms with E-state index in [1.165, 1.54) is 12.2 Å². The Bertz CT molecular complexity index is 632. The second kappa shape index (κ2) is 4.88. The molecule has 0 aromatic heterocycles. The van der Waals surface area contributed by atoms with Crippen LogP contribution in [-0.4, -0.2) is 24.8 Å². The predicted octanol–water partition coefficient (Wildman–Crippen LogP) is 1.34. The highest BCUT2D eigenvalue weighted by molar-refractivity contribution is 7.75. The van der Waals surface area contributed by atoms with Gasteiger partial charge < -0.3 is 0 Å². The van der Waals surface area contributed by atoms with Crippen LogP contribution < -0.4 is 0 Å². The molecule has 5 heteroatoms. The van der Waals surface area contributed by atoms with E-state index in [1.54, 1.807) is 12.1 Å². The molecule has 1 aliphatic carbocycles. The predicted molar refractivity (Wildman–Crippen MR) is 66.2 cm³/mol. The first-order chi connectivity index (χ1) is 8.16. The Morgan fingerprint density at radius 1 is 1.06 bits per heavy atom. The van der Waals surface area contributed by atoms with Crippen LogP contribution in [0, 0.1) is 0 Å². The largest absolute Gasteiger partial charge is 0.294 e. The fourth-order valence-corrected chi connectivity index (χ4v) is 2.00. The van der Waals surface area contributed by atoms with Gasteiger partial charge in [0, 0.05) is 0 Å². The quantitative estimate of drug-likeness (QED) is 0.703. The van der Waals surface area contributed by atoms with Gasteiger partial charge in [0.05, 0.1) is 17.8 Å². The van der Waals surface area contributed by atoms with Crippen molar-refractivity contribution in [3.8, 4) is 0 Å². The van der Waals surface area contributed by atoms with E-state index < -0.39 is 10.3 Å². The number of allylic oxidation sites excluding steroid dienone is 2. The van der Waals surface area contributed by atoms with Crippen LogP contribution in [0.3, 0.4) is 0 Å². The molecule has 0 N–H and O–H groups in total. The lowest BCUT2D eigenvalue weighted by atomic mass is 10.0. The molecule has 4 nitrogen and oxygen atoms in total. The van der Waals surface area contributed by atoms with E-state index in [1.807, 2.05) is 18.2 Å². The molecule has 0 heterocycles. The molecule has 0 amide bonds. The summed E-state index contributed by atoms with van der Waals surface area (Å²) in [5.41, 5.74) is 0.980. The van der Waals surface area contributed by atoms with Crippen molar-refractivity contribution in [1.29, 1.82) is 0 Å². The number of nitrogens with zero attached hydrogens (tertiary/aromatic N) is 1. The maximum Gasteiger partial charge on any atom is 0.219 e. The summed E-state index contributed by atoms with van der Waals surface area (Å²) in [6.45, 7) is 0. The SMILES string of the molecule is O=C1C=CC(=Nc2ccccc2)C(=S(=O)=O)C1. The molecule has 1 aromatic rings. The Balaban J connectivity index is 2.51. The highest BCUT2D eigenvalue weighted by Gasteiger charge is 2.17. The molecule has 0 atom stereocenters. The van der Waals surface area contributed by atoms with E-state index in [0.717, 1.165) is 0 Å². The van der Waals surface area contributed by atoms with Gasteiger partial charge in [-0.05, 0) is 24.3 Å². The van der Waals surface area contributed by atoms with Crippen LogP contribution in [0.5, 0.6) is 0 Å². The minimum atomic E-state index is -2.41. The lowest BCUT2D eigenvalue weighted by Crippen LogP contribution is -2.21. The van der Waals surface area contributed by atoms with Gasteiger partial charge in [-0.15, -0.1) is 0 Å². The molecule has 86 valence electrons. The van der Waals surface area contributed by atoms with Gasteiger partial charge in [-0.3, -0.25) is 4.79 Å². The fraction of sp³-hybridized carbons (Fsp3) is 0.0833. The topological polar surface area (TPSA) is 63.6 Å². The van der Waals surface area contributed by atoms with Crippen LogP contribution in [-0.2, 0) is 15.1 Å². The second-order valence-corrected chi connectivity index (χ2v) is 4.43. The third-order valence-corrected chi connectivity index (χ3v) is 3.01. The number of hydrogen-bond donors (Lipinski definition) is 0. The summed E-state index contributed by atoms with van der Waals surface area (Å²) in [6.07, 6.45) is 2.67. The third-order valence-electron chi connectivity index (χ3n) is 2.25. The molecule has 0 unspecified atom stereocenters. The van der Waals surface area contributed by atoms with Crippen LogP contribution in [0.1, 0.15) is 6.42 Å². The van der Waals surface area contributed by atoms with Gasteiger partial charge in [0.25, 0.3) is 0 Å². The Morgan fingerprint density at radius 2 is 1.76 bits per heavy atom. The molecule has 0 fully saturated rings. The lowest BCUT2D eigenvalue weighted by molar-refractivity contribution is -0.113. The number of aliphatic imine (C=N–C) groups is 1. The van der Waals surface area contributed by atoms with E-state index in [0.29, 0.717) is 11.4 Å². The van der Waals surface area contributed by atoms with Crippen LogP contribution in [0.15, 0.2) is 47.5 Å². The zero-order valence-electron chi connectivity index (χ0n) is 8.83. The zero-order chi connectivity index (χ0) is 12.3. The van der Waals surface area contributed by atoms with E-state index >= 15 is 0 Å². The van der Waals surface area contributed by atoms with Gasteiger partial charge in [-0.2, -0.15) is 8.42 Å². The molecule has 0 bridgehead atoms. The number of ketones is 1. The number of carbonyl (C=O) groups is 1. The smallest absolute Gasteiger partial charge is 0.219 e. The maximum atomic E-state index is 11.1. The molecule has 0 saturated heterocycles. The molecule has 17 heavy (non-hydrogen) atoms. The first-order valence-corrected chi connectivity index (χ1v) is 6.04. The average molecular weight is 247 g/mol. The first kappa shape index (κ1) is 11.5. The first-order valence-electron chi connectivity index (χ1n) is 4.97. The Labute approximate surface area is 99.8 Å². The molecule has 0 radical (unpaired) electrons. The van der Waals surface area contributed by atoms with E-state index in [2.05, 4.69) is 4.99 Å². The van der Waals surface area contributed by atoms with E-state index in [9.17, 15) is 13.2 Å². The summed E-state index contributed by atoms with van der Waals surface area (Å²) in [6, 6.07) is 9.00. The molecule has 0 aliphatic heterocycles. The summed E-state index contributed by atoms with van der Waals surface area (Å²) >= 11 is 0. The molecule has 2 rings (SSSR count). The summed E-state index contributed by atoms with van der Waals surface area (Å²) in [4.78, 5) is 15.4. The van der Waals surface area contributed by atoms with Crippen LogP contribution in [0.25, 0.3) is 0 Å². The molecule has 1 aromatic carbocycles. The number of para-hydroxylation sites is 1. The molecule has 0 saturated carbocycles. The summed E-state index contributed by atoms with van der Waals surface area (Å²) in [7, 11) is -2.41. The summed E-state index contributed by atoms with van der Waals surface area (Å²) < 4.78 is 22.0. The second-order valence-electron chi connectivity index (χ2n) is 3.47. The van der Waals surface area contributed by atoms with Crippen molar-refractivity contribution in [2.24, 2.45) is 4.99 Å². The van der Waals surface area contributed by atoms with Gasteiger partial charge in [0.15, 0.2) is 5.78 Å². The minimum absolute atomic E-state index is 0.0429.